The van der Waals surface area contributed by atoms with Crippen molar-refractivity contribution in [3.8, 4) is 11.1 Å². The summed E-state index contributed by atoms with van der Waals surface area (Å²) in [5, 5.41) is 12.9. The lowest BCUT2D eigenvalue weighted by molar-refractivity contribution is 0.281. The van der Waals surface area contributed by atoms with E-state index in [0.717, 1.165) is 17.7 Å². The van der Waals surface area contributed by atoms with Crippen LogP contribution in [0.1, 0.15) is 35.2 Å². The summed E-state index contributed by atoms with van der Waals surface area (Å²) < 4.78 is 0. The highest BCUT2D eigenvalue weighted by Crippen LogP contribution is 2.23. The Labute approximate surface area is 149 Å². The second-order valence-electron chi connectivity index (χ2n) is 6.38. The van der Waals surface area contributed by atoms with Crippen molar-refractivity contribution in [3.63, 3.8) is 0 Å². The fourth-order valence-corrected chi connectivity index (χ4v) is 2.97. The van der Waals surface area contributed by atoms with E-state index >= 15 is 0 Å². The average molecular weight is 332 g/mol. The van der Waals surface area contributed by atoms with Crippen LogP contribution in [0.15, 0.2) is 67.0 Å². The number of nitrogens with one attached hydrogen (secondary N) is 1. The Balaban J connectivity index is 1.69. The minimum absolute atomic E-state index is 0.0950. The van der Waals surface area contributed by atoms with Gasteiger partial charge in [-0.1, -0.05) is 36.4 Å². The van der Waals surface area contributed by atoms with Crippen molar-refractivity contribution >= 4 is 0 Å². The van der Waals surface area contributed by atoms with Gasteiger partial charge in [0.25, 0.3) is 0 Å². The van der Waals surface area contributed by atoms with Crippen molar-refractivity contribution < 1.29 is 5.11 Å². The topological polar surface area (TPSA) is 45.2 Å². The van der Waals surface area contributed by atoms with Crippen LogP contribution < -0.4 is 5.32 Å². The quantitative estimate of drug-likeness (QED) is 0.703. The van der Waals surface area contributed by atoms with Gasteiger partial charge in [-0.25, -0.2) is 0 Å². The largest absolute Gasteiger partial charge is 0.392 e. The van der Waals surface area contributed by atoms with Crippen LogP contribution in [0.5, 0.6) is 0 Å². The van der Waals surface area contributed by atoms with Gasteiger partial charge in [-0.3, -0.25) is 4.98 Å². The van der Waals surface area contributed by atoms with E-state index in [1.54, 1.807) is 0 Å². The van der Waals surface area contributed by atoms with Gasteiger partial charge in [-0.2, -0.15) is 0 Å². The molecule has 0 spiro atoms. The number of hydrogen-bond donors (Lipinski definition) is 2. The van der Waals surface area contributed by atoms with E-state index in [1.807, 2.05) is 37.5 Å². The van der Waals surface area contributed by atoms with Crippen molar-refractivity contribution in [2.24, 2.45) is 0 Å². The fourth-order valence-electron chi connectivity index (χ4n) is 2.97. The van der Waals surface area contributed by atoms with Crippen LogP contribution in [0.2, 0.25) is 0 Å². The van der Waals surface area contributed by atoms with Crippen molar-refractivity contribution in [1.82, 2.24) is 10.3 Å². The first kappa shape index (κ1) is 17.3. The number of hydrogen-bond acceptors (Lipinski definition) is 3. The van der Waals surface area contributed by atoms with E-state index in [9.17, 15) is 5.11 Å². The molecule has 2 aromatic carbocycles. The van der Waals surface area contributed by atoms with Gasteiger partial charge in [-0.15, -0.1) is 0 Å². The van der Waals surface area contributed by atoms with E-state index in [2.05, 4.69) is 53.6 Å². The highest BCUT2D eigenvalue weighted by molar-refractivity contribution is 5.63. The third-order valence-electron chi connectivity index (χ3n) is 4.59. The van der Waals surface area contributed by atoms with Gasteiger partial charge in [0.2, 0.25) is 0 Å². The molecule has 0 aliphatic rings. The molecule has 1 heterocycles. The molecule has 0 amide bonds. The molecule has 0 aliphatic heterocycles. The summed E-state index contributed by atoms with van der Waals surface area (Å²) in [7, 11) is 0. The standard InChI is InChI=1S/C22H24N2O/c1-16-12-18(6-7-22(16)15-25)14-24-17(2)20-4-3-5-21(13-20)19-8-10-23-11-9-19/h3-13,17,24-25H,14-15H2,1-2H3. The number of nitrogens with zero attached hydrogens (tertiary/aromatic N) is 1. The van der Waals surface area contributed by atoms with Crippen molar-refractivity contribution in [2.45, 2.75) is 33.0 Å². The van der Waals surface area contributed by atoms with Crippen LogP contribution in [0.4, 0.5) is 0 Å². The smallest absolute Gasteiger partial charge is 0.0684 e. The lowest BCUT2D eigenvalue weighted by atomic mass is 10.0. The molecule has 0 fully saturated rings. The summed E-state index contributed by atoms with van der Waals surface area (Å²) in [6.45, 7) is 5.11. The summed E-state index contributed by atoms with van der Waals surface area (Å²) in [6, 6.07) is 19.1. The molecule has 25 heavy (non-hydrogen) atoms. The Morgan fingerprint density at radius 2 is 1.80 bits per heavy atom. The SMILES string of the molecule is Cc1cc(CNC(C)c2cccc(-c3ccncc3)c2)ccc1CO. The number of pyridine rings is 1. The summed E-state index contributed by atoms with van der Waals surface area (Å²) in [5.74, 6) is 0. The van der Waals surface area contributed by atoms with E-state index in [1.165, 1.54) is 22.3 Å². The Kier molecular flexibility index (Phi) is 5.59. The Hall–Kier alpha value is -2.49. The molecule has 1 atom stereocenters. The molecule has 0 saturated heterocycles. The van der Waals surface area contributed by atoms with Gasteiger partial charge in [0.15, 0.2) is 0 Å². The zero-order valence-electron chi connectivity index (χ0n) is 14.7. The molecule has 1 aromatic heterocycles. The molecule has 3 nitrogen and oxygen atoms in total. The third kappa shape index (κ3) is 4.32. The summed E-state index contributed by atoms with van der Waals surface area (Å²) in [4.78, 5) is 4.08. The van der Waals surface area contributed by atoms with Crippen LogP contribution in [-0.2, 0) is 13.2 Å². The molecule has 3 heteroatoms. The molecule has 3 aromatic rings. The highest BCUT2D eigenvalue weighted by atomic mass is 16.3. The molecule has 0 aliphatic carbocycles. The van der Waals surface area contributed by atoms with Crippen molar-refractivity contribution in [2.75, 3.05) is 0 Å². The number of aliphatic hydroxyl groups excluding tert-OH is 1. The summed E-state index contributed by atoms with van der Waals surface area (Å²) >= 11 is 0. The summed E-state index contributed by atoms with van der Waals surface area (Å²) in [5.41, 5.74) is 7.00. The monoisotopic (exact) mass is 332 g/mol. The maximum Gasteiger partial charge on any atom is 0.0684 e. The maximum atomic E-state index is 9.28. The van der Waals surface area contributed by atoms with E-state index in [-0.39, 0.29) is 12.6 Å². The maximum absolute atomic E-state index is 9.28. The van der Waals surface area contributed by atoms with Crippen LogP contribution in [-0.4, -0.2) is 10.1 Å². The fraction of sp³-hybridized carbons (Fsp3) is 0.227. The predicted molar refractivity (Wildman–Crippen MR) is 102 cm³/mol. The van der Waals surface area contributed by atoms with Gasteiger partial charge >= 0.3 is 0 Å². The minimum Gasteiger partial charge on any atom is -0.392 e. The van der Waals surface area contributed by atoms with Gasteiger partial charge in [0.1, 0.15) is 0 Å². The number of rotatable bonds is 6. The normalized spacial score (nSPS) is 12.1. The van der Waals surface area contributed by atoms with Crippen LogP contribution in [0.3, 0.4) is 0 Å². The van der Waals surface area contributed by atoms with E-state index in [0.29, 0.717) is 0 Å². The molecule has 1 unspecified atom stereocenters. The van der Waals surface area contributed by atoms with Crippen LogP contribution in [0, 0.1) is 6.92 Å². The van der Waals surface area contributed by atoms with Gasteiger partial charge in [0, 0.05) is 25.0 Å². The van der Waals surface area contributed by atoms with Crippen molar-refractivity contribution in [3.05, 3.63) is 89.2 Å². The first-order chi connectivity index (χ1) is 12.2. The second kappa shape index (κ2) is 8.06. The Morgan fingerprint density at radius 1 is 1.00 bits per heavy atom. The molecular formula is C22H24N2O. The highest BCUT2D eigenvalue weighted by Gasteiger charge is 2.07. The average Bonchev–Trinajstić information content (AvgIpc) is 2.67. The number of aryl methyl sites for hydroxylation is 1. The van der Waals surface area contributed by atoms with Crippen LogP contribution >= 0.6 is 0 Å². The molecular weight excluding hydrogens is 308 g/mol. The lowest BCUT2D eigenvalue weighted by Gasteiger charge is -2.16. The first-order valence-corrected chi connectivity index (χ1v) is 8.60. The lowest BCUT2D eigenvalue weighted by Crippen LogP contribution is -2.18. The zero-order valence-corrected chi connectivity index (χ0v) is 14.7. The first-order valence-electron chi connectivity index (χ1n) is 8.60. The second-order valence-corrected chi connectivity index (χ2v) is 6.38. The van der Waals surface area contributed by atoms with Gasteiger partial charge in [0.05, 0.1) is 6.61 Å². The minimum atomic E-state index is 0.0950. The molecule has 3 rings (SSSR count). The predicted octanol–water partition coefficient (Wildman–Crippen LogP) is 4.40. The number of aliphatic hydroxyl groups is 1. The van der Waals surface area contributed by atoms with Gasteiger partial charge < -0.3 is 10.4 Å². The zero-order chi connectivity index (χ0) is 17.6. The van der Waals surface area contributed by atoms with Gasteiger partial charge in [-0.05, 0) is 65.4 Å². The number of benzene rings is 2. The van der Waals surface area contributed by atoms with E-state index < -0.39 is 0 Å². The Bertz CT molecular complexity index is 830. The Morgan fingerprint density at radius 3 is 2.52 bits per heavy atom. The summed E-state index contributed by atoms with van der Waals surface area (Å²) in [6.07, 6.45) is 3.64. The van der Waals surface area contributed by atoms with Crippen LogP contribution in [0.25, 0.3) is 11.1 Å². The molecule has 0 bridgehead atoms. The van der Waals surface area contributed by atoms with Crippen molar-refractivity contribution in [1.29, 1.82) is 0 Å². The molecule has 128 valence electrons. The molecule has 2 N–H and O–H groups in total. The molecule has 0 saturated carbocycles. The number of aromatic nitrogens is 1. The van der Waals surface area contributed by atoms with E-state index in [4.69, 9.17) is 0 Å². The third-order valence-corrected chi connectivity index (χ3v) is 4.59. The molecule has 0 radical (unpaired) electrons.